The first-order valence-corrected chi connectivity index (χ1v) is 25.6. The topological polar surface area (TPSA) is 37.7 Å². The van der Waals surface area contributed by atoms with Crippen molar-refractivity contribution in [3.8, 4) is 27.9 Å². The van der Waals surface area contributed by atoms with Crippen LogP contribution in [-0.2, 0) is 5.41 Å². The van der Waals surface area contributed by atoms with Crippen molar-refractivity contribution in [1.82, 2.24) is 4.57 Å². The van der Waals surface area contributed by atoms with Gasteiger partial charge < -0.3 is 23.2 Å². The molecule has 0 saturated heterocycles. The Bertz CT molecular complexity index is 5230. The summed E-state index contributed by atoms with van der Waals surface area (Å²) in [4.78, 5) is 4.11. The molecule has 6 heteroatoms. The van der Waals surface area contributed by atoms with E-state index < -0.39 is 36.9 Å². The van der Waals surface area contributed by atoms with Gasteiger partial charge in [-0.15, -0.1) is 0 Å². The summed E-state index contributed by atoms with van der Waals surface area (Å²) >= 11 is 0. The number of fused-ring (bicyclic) bond motifs is 16. The second-order valence-electron chi connectivity index (χ2n) is 20.9. The molecule has 0 radical (unpaired) electrons. The van der Waals surface area contributed by atoms with Crippen LogP contribution < -0.4 is 26.2 Å². The van der Waals surface area contributed by atoms with Crippen LogP contribution in [0.1, 0.15) is 38.7 Å². The zero-order valence-electron chi connectivity index (χ0n) is 50.6. The van der Waals surface area contributed by atoms with Gasteiger partial charge in [-0.25, -0.2) is 0 Å². The average molecular weight is 983 g/mol. The van der Waals surface area contributed by atoms with E-state index in [-0.39, 0.29) is 35.3 Å². The number of rotatable bonds is 5. The summed E-state index contributed by atoms with van der Waals surface area (Å²) in [5.74, 6) is 0. The Morgan fingerprint density at radius 1 is 0.434 bits per heavy atom. The maximum absolute atomic E-state index is 9.89. The molecule has 5 heterocycles. The van der Waals surface area contributed by atoms with Gasteiger partial charge in [0.25, 0.3) is 6.71 Å². The van der Waals surface area contributed by atoms with Crippen molar-refractivity contribution in [2.45, 2.75) is 26.2 Å². The van der Waals surface area contributed by atoms with Gasteiger partial charge in [0.1, 0.15) is 16.7 Å². The van der Waals surface area contributed by atoms with Crippen LogP contribution in [0.2, 0.25) is 0 Å². The van der Waals surface area contributed by atoms with Gasteiger partial charge in [0.05, 0.1) is 34.7 Å². The molecule has 76 heavy (non-hydrogen) atoms. The zero-order chi connectivity index (χ0) is 58.2. The molecule has 0 fully saturated rings. The number of aromatic nitrogens is 1. The Hall–Kier alpha value is -9.52. The zero-order valence-corrected chi connectivity index (χ0v) is 41.6. The van der Waals surface area contributed by atoms with Crippen molar-refractivity contribution in [3.63, 3.8) is 0 Å². The van der Waals surface area contributed by atoms with E-state index in [4.69, 9.17) is 12.9 Å². The fourth-order valence-electron chi connectivity index (χ4n) is 12.4. The predicted molar refractivity (Wildman–Crippen MR) is 319 cm³/mol. The smallest absolute Gasteiger partial charge is 0.257 e. The van der Waals surface area contributed by atoms with Crippen molar-refractivity contribution >= 4 is 123 Å². The monoisotopic (exact) mass is 982 g/mol. The number of nitrogens with zero attached hydrogens (tertiary/aromatic N) is 3. The maximum atomic E-state index is 9.89. The minimum Gasteiger partial charge on any atom is -0.456 e. The Labute approximate surface area is 452 Å². The highest BCUT2D eigenvalue weighted by atomic mass is 16.3. The largest absolute Gasteiger partial charge is 0.456 e. The third-order valence-electron chi connectivity index (χ3n) is 15.7. The number of para-hydroxylation sites is 5. The molecule has 358 valence electrons. The second-order valence-corrected chi connectivity index (χ2v) is 20.9. The van der Waals surface area contributed by atoms with Crippen LogP contribution >= 0.6 is 0 Å². The first-order chi connectivity index (χ1) is 41.1. The predicted octanol–water partition coefficient (Wildman–Crippen LogP) is 17.3. The summed E-state index contributed by atoms with van der Waals surface area (Å²) in [6.07, 6.45) is 0. The molecular weight excluding hydrogens is 926 g/mol. The molecule has 16 rings (SSSR count). The highest BCUT2D eigenvalue weighted by Crippen LogP contribution is 2.53. The Morgan fingerprint density at radius 2 is 1.07 bits per heavy atom. The normalized spacial score (nSPS) is 14.8. The molecule has 0 bridgehead atoms. The number of hydrogen-bond acceptors (Lipinski definition) is 4. The lowest BCUT2D eigenvalue weighted by atomic mass is 9.33. The maximum Gasteiger partial charge on any atom is 0.257 e. The second kappa shape index (κ2) is 16.0. The molecule has 0 atom stereocenters. The molecule has 11 aromatic carbocycles. The van der Waals surface area contributed by atoms with Gasteiger partial charge in [-0.2, -0.15) is 0 Å². The summed E-state index contributed by atoms with van der Waals surface area (Å²) in [5.41, 5.74) is 13.8. The fourth-order valence-corrected chi connectivity index (χ4v) is 12.4. The van der Waals surface area contributed by atoms with E-state index in [0.29, 0.717) is 66.7 Å². The van der Waals surface area contributed by atoms with Gasteiger partial charge in [0.2, 0.25) is 0 Å². The van der Waals surface area contributed by atoms with Crippen LogP contribution in [-0.4, -0.2) is 11.3 Å². The lowest BCUT2D eigenvalue weighted by Crippen LogP contribution is -2.61. The van der Waals surface area contributed by atoms with E-state index in [9.17, 15) is 8.22 Å². The Morgan fingerprint density at radius 3 is 1.82 bits per heavy atom. The number of anilines is 6. The minimum absolute atomic E-state index is 0.0572. The highest BCUT2D eigenvalue weighted by Gasteiger charge is 2.48. The molecule has 0 aliphatic carbocycles. The molecule has 0 unspecified atom stereocenters. The van der Waals surface area contributed by atoms with Gasteiger partial charge in [-0.3, -0.25) is 0 Å². The Balaban J connectivity index is 1.12. The van der Waals surface area contributed by atoms with Crippen molar-refractivity contribution in [2.75, 3.05) is 9.80 Å². The molecule has 14 aromatic rings. The van der Waals surface area contributed by atoms with Crippen LogP contribution in [0.4, 0.5) is 34.1 Å². The van der Waals surface area contributed by atoms with Crippen molar-refractivity contribution in [3.05, 3.63) is 242 Å². The van der Waals surface area contributed by atoms with E-state index in [0.717, 1.165) is 77.3 Å². The third kappa shape index (κ3) is 6.10. The summed E-state index contributed by atoms with van der Waals surface area (Å²) in [6, 6.07) is 57.7. The van der Waals surface area contributed by atoms with Gasteiger partial charge in [0, 0.05) is 71.8 Å². The van der Waals surface area contributed by atoms with Crippen LogP contribution in [0.3, 0.4) is 0 Å². The molecule has 2 aliphatic heterocycles. The van der Waals surface area contributed by atoms with Gasteiger partial charge in [-0.05, 0) is 111 Å². The highest BCUT2D eigenvalue weighted by molar-refractivity contribution is 7.02. The summed E-state index contributed by atoms with van der Waals surface area (Å²) < 4.78 is 101. The molecule has 0 spiro atoms. The van der Waals surface area contributed by atoms with Gasteiger partial charge in [0.15, 0.2) is 5.58 Å². The van der Waals surface area contributed by atoms with Crippen LogP contribution in [0.25, 0.3) is 93.6 Å². The standard InChI is InChI=1S/C70H48BN3O2/c1-70(2,3)46-35-38-57-53(41-46)50-28-14-18-32-56(50)72(57)48-36-37-54-58(42-48)74(55-31-17-13-27-49(55)44-23-9-5-10-24-44)60-40-45(43-21-7-4-8-22-43)39-59-65(60)71(54)66-67(73(59)47-25-11-6-12-26-47)69-64(52-30-16-20-34-62(52)76-69)63-51-29-15-19-33-61(51)75-68(63)66/h4-42H,1-3H3/i6D,11D,12D,14D,18D,25D,26D,28D,32D. The quantitative estimate of drug-likeness (QED) is 0.161. The molecule has 3 aromatic heterocycles. The van der Waals surface area contributed by atoms with E-state index in [1.54, 1.807) is 0 Å². The number of hydrogen-bond donors (Lipinski definition) is 0. The van der Waals surface area contributed by atoms with Crippen LogP contribution in [0.15, 0.2) is 245 Å². The summed E-state index contributed by atoms with van der Waals surface area (Å²) in [6.45, 7) is 5.70. The van der Waals surface area contributed by atoms with Crippen molar-refractivity contribution in [2.24, 2.45) is 0 Å². The molecule has 2 aliphatic rings. The van der Waals surface area contributed by atoms with Crippen molar-refractivity contribution in [1.29, 1.82) is 0 Å². The van der Waals surface area contributed by atoms with Crippen molar-refractivity contribution < 1.29 is 21.2 Å². The van der Waals surface area contributed by atoms with E-state index in [1.807, 2.05) is 131 Å². The SMILES string of the molecule is [2H]c1c([2H])c([2H])c(N2c3cc(-c4ccccc4)cc4c3B(c3ccc(-n5c6ccc(C(C)(C)C)cc6c6c([2H])c([2H])c([2H])c([2H])c65)cc3N4c3ccccc3-c3ccccc3)c3c2c2oc4ccccc4c2c2c3oc3ccccc32)c([2H])c1[2H]. The molecule has 0 amide bonds. The van der Waals surface area contributed by atoms with E-state index in [1.165, 1.54) is 0 Å². The number of furan rings is 2. The summed E-state index contributed by atoms with van der Waals surface area (Å²) in [5, 5.41) is 4.37. The van der Waals surface area contributed by atoms with Crippen LogP contribution in [0, 0.1) is 0 Å². The lowest BCUT2D eigenvalue weighted by molar-refractivity contribution is 0.591. The lowest BCUT2D eigenvalue weighted by Gasteiger charge is -2.44. The third-order valence-corrected chi connectivity index (χ3v) is 15.7. The van der Waals surface area contributed by atoms with Gasteiger partial charge >= 0.3 is 0 Å². The van der Waals surface area contributed by atoms with Gasteiger partial charge in [-0.1, -0.05) is 184 Å². The van der Waals surface area contributed by atoms with E-state index >= 15 is 0 Å². The average Bonchev–Trinajstić information content (AvgIpc) is 2.37. The Kier molecular flexibility index (Phi) is 7.33. The first-order valence-electron chi connectivity index (χ1n) is 30.1. The fraction of sp³-hybridized carbons (Fsp3) is 0.0571. The molecule has 0 N–H and O–H groups in total. The van der Waals surface area contributed by atoms with E-state index in [2.05, 4.69) is 86.3 Å². The molecule has 0 saturated carbocycles. The number of benzene rings is 11. The first kappa shape index (κ1) is 34.8. The molecule has 5 nitrogen and oxygen atoms in total. The summed E-state index contributed by atoms with van der Waals surface area (Å²) in [7, 11) is 0. The molecular formula is C70H48BN3O2. The minimum atomic E-state index is -0.694. The van der Waals surface area contributed by atoms with Crippen LogP contribution in [0.5, 0.6) is 0 Å².